The summed E-state index contributed by atoms with van der Waals surface area (Å²) in [4.78, 5) is 5.25. The van der Waals surface area contributed by atoms with E-state index in [9.17, 15) is 0 Å². The van der Waals surface area contributed by atoms with Crippen LogP contribution in [-0.2, 0) is 6.54 Å². The minimum atomic E-state index is 0.715. The third-order valence-corrected chi connectivity index (χ3v) is 5.98. The van der Waals surface area contributed by atoms with Crippen LogP contribution < -0.4 is 5.32 Å². The van der Waals surface area contributed by atoms with Crippen LogP contribution in [0.25, 0.3) is 0 Å². The summed E-state index contributed by atoms with van der Waals surface area (Å²) in [6.07, 6.45) is 6.64. The van der Waals surface area contributed by atoms with E-state index in [1.807, 2.05) is 0 Å². The molecule has 0 amide bonds. The summed E-state index contributed by atoms with van der Waals surface area (Å²) < 4.78 is 0. The predicted molar refractivity (Wildman–Crippen MR) is 123 cm³/mol. The standard InChI is InChI=1S/C25H45N3/c1-22(2)11-13-25(14-12-23(3)4)26-15-8-16-27-17-19-28(20-18-27)21-24-9-6-5-7-10-24/h5-7,9-10,22-23,25-26H,8,11-21H2,1-4H3. The predicted octanol–water partition coefficient (Wildman–Crippen LogP) is 5.02. The molecule has 0 spiro atoms. The summed E-state index contributed by atoms with van der Waals surface area (Å²) in [5.74, 6) is 1.63. The molecule has 3 nitrogen and oxygen atoms in total. The highest BCUT2D eigenvalue weighted by Crippen LogP contribution is 2.14. The lowest BCUT2D eigenvalue weighted by Crippen LogP contribution is -2.46. The van der Waals surface area contributed by atoms with E-state index < -0.39 is 0 Å². The highest BCUT2D eigenvalue weighted by molar-refractivity contribution is 5.14. The van der Waals surface area contributed by atoms with Crippen LogP contribution in [0.1, 0.15) is 65.4 Å². The lowest BCUT2D eigenvalue weighted by Gasteiger charge is -2.34. The van der Waals surface area contributed by atoms with Crippen LogP contribution >= 0.6 is 0 Å². The van der Waals surface area contributed by atoms with Gasteiger partial charge in [-0.1, -0.05) is 58.0 Å². The summed E-state index contributed by atoms with van der Waals surface area (Å²) in [6, 6.07) is 11.6. The number of rotatable bonds is 13. The monoisotopic (exact) mass is 387 g/mol. The lowest BCUT2D eigenvalue weighted by molar-refractivity contribution is 0.126. The number of nitrogens with one attached hydrogen (secondary N) is 1. The van der Waals surface area contributed by atoms with Gasteiger partial charge in [0, 0.05) is 38.8 Å². The highest BCUT2D eigenvalue weighted by atomic mass is 15.3. The fourth-order valence-electron chi connectivity index (χ4n) is 4.04. The molecule has 1 aliphatic rings. The fraction of sp³-hybridized carbons (Fsp3) is 0.760. The Hall–Kier alpha value is -0.900. The molecule has 28 heavy (non-hydrogen) atoms. The molecule has 160 valence electrons. The molecule has 1 heterocycles. The first-order valence-electron chi connectivity index (χ1n) is 11.7. The van der Waals surface area contributed by atoms with Crippen LogP contribution in [0, 0.1) is 11.8 Å². The molecule has 0 atom stereocenters. The van der Waals surface area contributed by atoms with Crippen LogP contribution in [0.4, 0.5) is 0 Å². The van der Waals surface area contributed by atoms with E-state index in [1.165, 1.54) is 76.9 Å². The second-order valence-electron chi connectivity index (χ2n) is 9.55. The van der Waals surface area contributed by atoms with Gasteiger partial charge in [0.05, 0.1) is 0 Å². The van der Waals surface area contributed by atoms with Gasteiger partial charge in [-0.3, -0.25) is 4.90 Å². The summed E-state index contributed by atoms with van der Waals surface area (Å²) >= 11 is 0. The van der Waals surface area contributed by atoms with Crippen molar-refractivity contribution in [1.29, 1.82) is 0 Å². The van der Waals surface area contributed by atoms with Crippen molar-refractivity contribution in [3.63, 3.8) is 0 Å². The van der Waals surface area contributed by atoms with Crippen molar-refractivity contribution in [2.75, 3.05) is 39.3 Å². The second-order valence-corrected chi connectivity index (χ2v) is 9.55. The van der Waals surface area contributed by atoms with Crippen molar-refractivity contribution in [3.05, 3.63) is 35.9 Å². The van der Waals surface area contributed by atoms with Crippen molar-refractivity contribution >= 4 is 0 Å². The summed E-state index contributed by atoms with van der Waals surface area (Å²) in [7, 11) is 0. The van der Waals surface area contributed by atoms with E-state index in [1.54, 1.807) is 0 Å². The minimum absolute atomic E-state index is 0.715. The molecule has 1 aromatic carbocycles. The van der Waals surface area contributed by atoms with Gasteiger partial charge in [0.1, 0.15) is 0 Å². The van der Waals surface area contributed by atoms with Crippen LogP contribution in [0.3, 0.4) is 0 Å². The van der Waals surface area contributed by atoms with Gasteiger partial charge < -0.3 is 10.2 Å². The smallest absolute Gasteiger partial charge is 0.0234 e. The van der Waals surface area contributed by atoms with Crippen LogP contribution in [0.2, 0.25) is 0 Å². The van der Waals surface area contributed by atoms with E-state index in [0.717, 1.165) is 18.4 Å². The van der Waals surface area contributed by atoms with E-state index in [2.05, 4.69) is 73.1 Å². The molecule has 0 aliphatic carbocycles. The Morgan fingerprint density at radius 3 is 1.93 bits per heavy atom. The normalized spacial score (nSPS) is 16.5. The van der Waals surface area contributed by atoms with Gasteiger partial charge in [-0.15, -0.1) is 0 Å². The van der Waals surface area contributed by atoms with Gasteiger partial charge >= 0.3 is 0 Å². The molecular weight excluding hydrogens is 342 g/mol. The molecule has 1 aromatic rings. The average Bonchev–Trinajstić information content (AvgIpc) is 2.68. The Morgan fingerprint density at radius 2 is 1.36 bits per heavy atom. The average molecular weight is 388 g/mol. The van der Waals surface area contributed by atoms with Crippen molar-refractivity contribution in [2.24, 2.45) is 11.8 Å². The quantitative estimate of drug-likeness (QED) is 0.479. The molecule has 3 heteroatoms. The van der Waals surface area contributed by atoms with Gasteiger partial charge in [0.15, 0.2) is 0 Å². The first kappa shape index (κ1) is 23.4. The minimum Gasteiger partial charge on any atom is -0.314 e. The van der Waals surface area contributed by atoms with Crippen LogP contribution in [-0.4, -0.2) is 55.1 Å². The Morgan fingerprint density at radius 1 is 0.786 bits per heavy atom. The molecule has 1 saturated heterocycles. The first-order valence-corrected chi connectivity index (χ1v) is 11.7. The van der Waals surface area contributed by atoms with E-state index >= 15 is 0 Å². The molecule has 0 saturated carbocycles. The zero-order valence-electron chi connectivity index (χ0n) is 19.0. The molecule has 0 unspecified atom stereocenters. The first-order chi connectivity index (χ1) is 13.5. The largest absolute Gasteiger partial charge is 0.314 e. The number of hydrogen-bond donors (Lipinski definition) is 1. The van der Waals surface area contributed by atoms with Crippen molar-refractivity contribution in [1.82, 2.24) is 15.1 Å². The van der Waals surface area contributed by atoms with Gasteiger partial charge in [-0.2, -0.15) is 0 Å². The van der Waals surface area contributed by atoms with Crippen molar-refractivity contribution in [3.8, 4) is 0 Å². The molecule has 2 rings (SSSR count). The summed E-state index contributed by atoms with van der Waals surface area (Å²) in [6.45, 7) is 17.7. The number of piperazine rings is 1. The molecular formula is C25H45N3. The Bertz CT molecular complexity index is 480. The fourth-order valence-corrected chi connectivity index (χ4v) is 4.04. The van der Waals surface area contributed by atoms with E-state index in [-0.39, 0.29) is 0 Å². The highest BCUT2D eigenvalue weighted by Gasteiger charge is 2.17. The third-order valence-electron chi connectivity index (χ3n) is 5.98. The Balaban J connectivity index is 1.59. The molecule has 1 fully saturated rings. The van der Waals surface area contributed by atoms with Gasteiger partial charge in [-0.25, -0.2) is 0 Å². The van der Waals surface area contributed by atoms with Gasteiger partial charge in [0.25, 0.3) is 0 Å². The van der Waals surface area contributed by atoms with Gasteiger partial charge in [0.2, 0.25) is 0 Å². The maximum absolute atomic E-state index is 3.87. The Kier molecular flexibility index (Phi) is 11.1. The topological polar surface area (TPSA) is 18.5 Å². The molecule has 1 aliphatic heterocycles. The zero-order chi connectivity index (χ0) is 20.2. The maximum atomic E-state index is 3.87. The molecule has 1 N–H and O–H groups in total. The maximum Gasteiger partial charge on any atom is 0.0234 e. The summed E-state index contributed by atoms with van der Waals surface area (Å²) in [5.41, 5.74) is 1.44. The molecule has 0 bridgehead atoms. The lowest BCUT2D eigenvalue weighted by atomic mass is 9.97. The number of benzene rings is 1. The SMILES string of the molecule is CC(C)CCC(CCC(C)C)NCCCN1CCN(Cc2ccccc2)CC1. The van der Waals surface area contributed by atoms with E-state index in [0.29, 0.717) is 6.04 Å². The van der Waals surface area contributed by atoms with E-state index in [4.69, 9.17) is 0 Å². The Labute approximate surface area is 174 Å². The van der Waals surface area contributed by atoms with Crippen molar-refractivity contribution in [2.45, 2.75) is 72.4 Å². The second kappa shape index (κ2) is 13.3. The number of hydrogen-bond acceptors (Lipinski definition) is 3. The van der Waals surface area contributed by atoms with Crippen LogP contribution in [0.5, 0.6) is 0 Å². The molecule has 0 radical (unpaired) electrons. The zero-order valence-corrected chi connectivity index (χ0v) is 19.0. The van der Waals surface area contributed by atoms with Gasteiger partial charge in [-0.05, 0) is 62.6 Å². The van der Waals surface area contributed by atoms with Crippen LogP contribution in [0.15, 0.2) is 30.3 Å². The summed E-state index contributed by atoms with van der Waals surface area (Å²) in [5, 5.41) is 3.87. The third kappa shape index (κ3) is 10.0. The molecule has 0 aromatic heterocycles. The number of nitrogens with zero attached hydrogens (tertiary/aromatic N) is 2. The van der Waals surface area contributed by atoms with Crippen molar-refractivity contribution < 1.29 is 0 Å².